The molecule has 0 saturated carbocycles. The number of nitrogens with zero attached hydrogens (tertiary/aromatic N) is 3. The molecular formula is C11H17ClN4O. The van der Waals surface area contributed by atoms with Crippen LogP contribution < -0.4 is 10.2 Å². The van der Waals surface area contributed by atoms with E-state index in [1.54, 1.807) is 6.20 Å². The third-order valence-corrected chi connectivity index (χ3v) is 2.87. The topological polar surface area (TPSA) is 50.3 Å². The highest BCUT2D eigenvalue weighted by molar-refractivity contribution is 6.32. The molecule has 5 nitrogen and oxygen atoms in total. The van der Waals surface area contributed by atoms with Crippen molar-refractivity contribution in [3.05, 3.63) is 11.2 Å². The standard InChI is InChI=1S/C11H17ClN4O/c1-3-13-11-14-6-9(12)10(15-11)16-4-5-17-8(2)7-16/h6,8H,3-5,7H2,1-2H3,(H,13,14,15). The van der Waals surface area contributed by atoms with E-state index in [0.717, 1.165) is 25.5 Å². The fourth-order valence-electron chi connectivity index (χ4n) is 1.83. The average Bonchev–Trinajstić information content (AvgIpc) is 2.32. The summed E-state index contributed by atoms with van der Waals surface area (Å²) < 4.78 is 5.50. The first-order valence-corrected chi connectivity index (χ1v) is 6.21. The highest BCUT2D eigenvalue weighted by atomic mass is 35.5. The summed E-state index contributed by atoms with van der Waals surface area (Å²) in [4.78, 5) is 10.7. The fraction of sp³-hybridized carbons (Fsp3) is 0.636. The maximum atomic E-state index is 6.14. The van der Waals surface area contributed by atoms with Crippen molar-refractivity contribution in [1.29, 1.82) is 0 Å². The van der Waals surface area contributed by atoms with Gasteiger partial charge in [-0.3, -0.25) is 0 Å². The maximum absolute atomic E-state index is 6.14. The number of anilines is 2. The minimum atomic E-state index is 0.206. The molecule has 1 aromatic rings. The number of hydrogen-bond acceptors (Lipinski definition) is 5. The molecule has 94 valence electrons. The van der Waals surface area contributed by atoms with Gasteiger partial charge < -0.3 is 15.0 Å². The molecule has 0 amide bonds. The predicted molar refractivity (Wildman–Crippen MR) is 68.8 cm³/mol. The second kappa shape index (κ2) is 5.51. The van der Waals surface area contributed by atoms with Crippen molar-refractivity contribution < 1.29 is 4.74 Å². The van der Waals surface area contributed by atoms with Gasteiger partial charge >= 0.3 is 0 Å². The molecule has 0 spiro atoms. The van der Waals surface area contributed by atoms with Crippen molar-refractivity contribution in [3.8, 4) is 0 Å². The number of aromatic nitrogens is 2. The molecular weight excluding hydrogens is 240 g/mol. The minimum Gasteiger partial charge on any atom is -0.375 e. The van der Waals surface area contributed by atoms with Gasteiger partial charge in [-0.2, -0.15) is 4.98 Å². The van der Waals surface area contributed by atoms with Gasteiger partial charge in [-0.25, -0.2) is 4.98 Å². The van der Waals surface area contributed by atoms with Crippen molar-refractivity contribution in [2.24, 2.45) is 0 Å². The van der Waals surface area contributed by atoms with E-state index in [-0.39, 0.29) is 6.10 Å². The molecule has 1 fully saturated rings. The monoisotopic (exact) mass is 256 g/mol. The molecule has 2 heterocycles. The van der Waals surface area contributed by atoms with Crippen LogP contribution in [0, 0.1) is 0 Å². The SMILES string of the molecule is CCNc1ncc(Cl)c(N2CCOC(C)C2)n1. The van der Waals surface area contributed by atoms with Crippen LogP contribution in [0.4, 0.5) is 11.8 Å². The normalized spacial score (nSPS) is 20.4. The van der Waals surface area contributed by atoms with Crippen molar-refractivity contribution in [2.75, 3.05) is 36.5 Å². The molecule has 1 unspecified atom stereocenters. The second-order valence-corrected chi connectivity index (χ2v) is 4.43. The lowest BCUT2D eigenvalue weighted by Gasteiger charge is -2.32. The summed E-state index contributed by atoms with van der Waals surface area (Å²) in [6.07, 6.45) is 1.85. The number of nitrogens with one attached hydrogen (secondary N) is 1. The lowest BCUT2D eigenvalue weighted by atomic mass is 10.3. The highest BCUT2D eigenvalue weighted by Gasteiger charge is 2.20. The van der Waals surface area contributed by atoms with Gasteiger partial charge in [0.1, 0.15) is 5.02 Å². The van der Waals surface area contributed by atoms with Gasteiger partial charge in [0, 0.05) is 19.6 Å². The summed E-state index contributed by atoms with van der Waals surface area (Å²) in [5.74, 6) is 1.40. The van der Waals surface area contributed by atoms with Gasteiger partial charge in [-0.1, -0.05) is 11.6 Å². The zero-order chi connectivity index (χ0) is 12.3. The van der Waals surface area contributed by atoms with E-state index in [2.05, 4.69) is 20.2 Å². The molecule has 1 atom stereocenters. The van der Waals surface area contributed by atoms with E-state index >= 15 is 0 Å². The zero-order valence-corrected chi connectivity index (χ0v) is 10.9. The Kier molecular flexibility index (Phi) is 4.02. The summed E-state index contributed by atoms with van der Waals surface area (Å²) in [6, 6.07) is 0. The number of ether oxygens (including phenoxy) is 1. The van der Waals surface area contributed by atoms with Gasteiger partial charge in [0.2, 0.25) is 5.95 Å². The van der Waals surface area contributed by atoms with Crippen LogP contribution >= 0.6 is 11.6 Å². The molecule has 6 heteroatoms. The predicted octanol–water partition coefficient (Wildman–Crippen LogP) is 1.79. The molecule has 0 aliphatic carbocycles. The van der Waals surface area contributed by atoms with Gasteiger partial charge in [0.05, 0.1) is 18.9 Å². The van der Waals surface area contributed by atoms with Crippen LogP contribution in [0.25, 0.3) is 0 Å². The van der Waals surface area contributed by atoms with Crippen LogP contribution in [0.15, 0.2) is 6.20 Å². The molecule has 1 aliphatic heterocycles. The van der Waals surface area contributed by atoms with Crippen LogP contribution in [0.3, 0.4) is 0 Å². The maximum Gasteiger partial charge on any atom is 0.224 e. The quantitative estimate of drug-likeness (QED) is 0.894. The highest BCUT2D eigenvalue weighted by Crippen LogP contribution is 2.25. The number of morpholine rings is 1. The summed E-state index contributed by atoms with van der Waals surface area (Å²) in [5, 5.41) is 3.67. The van der Waals surface area contributed by atoms with E-state index in [9.17, 15) is 0 Å². The van der Waals surface area contributed by atoms with Gasteiger partial charge in [-0.15, -0.1) is 0 Å². The smallest absolute Gasteiger partial charge is 0.224 e. The van der Waals surface area contributed by atoms with Crippen LogP contribution in [0.2, 0.25) is 5.02 Å². The summed E-state index contributed by atoms with van der Waals surface area (Å²) >= 11 is 6.14. The van der Waals surface area contributed by atoms with Gasteiger partial charge in [-0.05, 0) is 13.8 Å². The average molecular weight is 257 g/mol. The number of rotatable bonds is 3. The second-order valence-electron chi connectivity index (χ2n) is 4.02. The van der Waals surface area contributed by atoms with E-state index in [0.29, 0.717) is 17.6 Å². The Morgan fingerprint density at radius 3 is 3.18 bits per heavy atom. The first-order chi connectivity index (χ1) is 8.20. The number of halogens is 1. The van der Waals surface area contributed by atoms with Gasteiger partial charge in [0.25, 0.3) is 0 Å². The first-order valence-electron chi connectivity index (χ1n) is 5.83. The van der Waals surface area contributed by atoms with Crippen molar-refractivity contribution in [2.45, 2.75) is 20.0 Å². The van der Waals surface area contributed by atoms with Gasteiger partial charge in [0.15, 0.2) is 5.82 Å². The lowest BCUT2D eigenvalue weighted by Crippen LogP contribution is -2.41. The molecule has 0 bridgehead atoms. The Labute approximate surface area is 106 Å². The van der Waals surface area contributed by atoms with Crippen molar-refractivity contribution >= 4 is 23.4 Å². The van der Waals surface area contributed by atoms with E-state index in [1.807, 2.05) is 13.8 Å². The molecule has 0 aromatic carbocycles. The minimum absolute atomic E-state index is 0.206. The van der Waals surface area contributed by atoms with Crippen LogP contribution in [0.1, 0.15) is 13.8 Å². The van der Waals surface area contributed by atoms with E-state index in [4.69, 9.17) is 16.3 Å². The molecule has 1 aromatic heterocycles. The van der Waals surface area contributed by atoms with Crippen LogP contribution in [-0.2, 0) is 4.74 Å². The lowest BCUT2D eigenvalue weighted by molar-refractivity contribution is 0.0529. The first kappa shape index (κ1) is 12.4. The summed E-state index contributed by atoms with van der Waals surface area (Å²) in [7, 11) is 0. The molecule has 1 N–H and O–H groups in total. The van der Waals surface area contributed by atoms with E-state index in [1.165, 1.54) is 0 Å². The Balaban J connectivity index is 2.20. The molecule has 17 heavy (non-hydrogen) atoms. The Hall–Kier alpha value is -1.07. The van der Waals surface area contributed by atoms with Crippen molar-refractivity contribution in [3.63, 3.8) is 0 Å². The van der Waals surface area contributed by atoms with Crippen molar-refractivity contribution in [1.82, 2.24) is 9.97 Å². The van der Waals surface area contributed by atoms with Crippen LogP contribution in [-0.4, -0.2) is 42.3 Å². The fourth-order valence-corrected chi connectivity index (χ4v) is 2.04. The zero-order valence-electron chi connectivity index (χ0n) is 10.1. The third-order valence-electron chi connectivity index (χ3n) is 2.60. The largest absolute Gasteiger partial charge is 0.375 e. The Morgan fingerprint density at radius 1 is 1.65 bits per heavy atom. The Morgan fingerprint density at radius 2 is 2.47 bits per heavy atom. The third kappa shape index (κ3) is 2.98. The molecule has 0 radical (unpaired) electrons. The van der Waals surface area contributed by atoms with Crippen LogP contribution in [0.5, 0.6) is 0 Å². The number of hydrogen-bond donors (Lipinski definition) is 1. The molecule has 1 aliphatic rings. The Bertz CT molecular complexity index is 388. The molecule has 2 rings (SSSR count). The van der Waals surface area contributed by atoms with E-state index < -0.39 is 0 Å². The summed E-state index contributed by atoms with van der Waals surface area (Å²) in [6.45, 7) is 7.18. The molecule has 1 saturated heterocycles. The summed E-state index contributed by atoms with van der Waals surface area (Å²) in [5.41, 5.74) is 0.